The second-order valence-electron chi connectivity index (χ2n) is 6.43. The first-order valence-corrected chi connectivity index (χ1v) is 9.53. The fourth-order valence-electron chi connectivity index (χ4n) is 3.06. The molecule has 1 N–H and O–H groups in total. The quantitative estimate of drug-likeness (QED) is 0.871. The van der Waals surface area contributed by atoms with E-state index in [1.54, 1.807) is 6.07 Å². The summed E-state index contributed by atoms with van der Waals surface area (Å²) in [6.07, 6.45) is 3.64. The number of piperidine rings is 1. The van der Waals surface area contributed by atoms with Crippen LogP contribution in [0.5, 0.6) is 0 Å². The first-order chi connectivity index (χ1) is 10.5. The van der Waals surface area contributed by atoms with Crippen LogP contribution in [0, 0.1) is 11.7 Å². The zero-order valence-corrected chi connectivity index (χ0v) is 13.5. The van der Waals surface area contributed by atoms with Gasteiger partial charge in [0.15, 0.2) is 0 Å². The third kappa shape index (κ3) is 4.06. The summed E-state index contributed by atoms with van der Waals surface area (Å²) >= 11 is 0. The van der Waals surface area contributed by atoms with E-state index >= 15 is 0 Å². The van der Waals surface area contributed by atoms with Gasteiger partial charge in [-0.3, -0.25) is 4.90 Å². The van der Waals surface area contributed by atoms with Crippen LogP contribution in [0.1, 0.15) is 31.2 Å². The van der Waals surface area contributed by atoms with Crippen molar-refractivity contribution in [3.8, 4) is 0 Å². The summed E-state index contributed by atoms with van der Waals surface area (Å²) in [7, 11) is -3.10. The molecule has 4 nitrogen and oxygen atoms in total. The zero-order chi connectivity index (χ0) is 15.6. The summed E-state index contributed by atoms with van der Waals surface area (Å²) in [4.78, 5) is 2.22. The van der Waals surface area contributed by atoms with Gasteiger partial charge in [0.05, 0.1) is 5.25 Å². The molecule has 1 aliphatic carbocycles. The lowest BCUT2D eigenvalue weighted by molar-refractivity contribution is 0.167. The van der Waals surface area contributed by atoms with Crippen molar-refractivity contribution < 1.29 is 12.8 Å². The second-order valence-corrected chi connectivity index (χ2v) is 8.47. The van der Waals surface area contributed by atoms with E-state index in [-0.39, 0.29) is 11.1 Å². The Hall–Kier alpha value is -0.980. The number of hydrogen-bond acceptors (Lipinski definition) is 3. The van der Waals surface area contributed by atoms with Gasteiger partial charge in [0.25, 0.3) is 0 Å². The second kappa shape index (κ2) is 6.64. The number of hydrogen-bond donors (Lipinski definition) is 1. The monoisotopic (exact) mass is 326 g/mol. The molecule has 1 saturated carbocycles. The summed E-state index contributed by atoms with van der Waals surface area (Å²) in [6.45, 7) is 2.87. The van der Waals surface area contributed by atoms with Crippen LogP contribution in [-0.2, 0) is 16.6 Å². The standard InChI is InChI=1S/C16H23FN2O2S/c17-16-6-2-1-5-14(16)12-19-9-3-4-13(11-19)10-18-22(20,21)15-7-8-15/h1-2,5-6,13,15,18H,3-4,7-12H2/t13-/m0/s1. The van der Waals surface area contributed by atoms with Crippen LogP contribution < -0.4 is 4.72 Å². The number of rotatable bonds is 6. The molecule has 1 aromatic rings. The third-order valence-corrected chi connectivity index (χ3v) is 6.41. The average Bonchev–Trinajstić information content (AvgIpc) is 3.33. The van der Waals surface area contributed by atoms with Crippen molar-refractivity contribution >= 4 is 10.0 Å². The van der Waals surface area contributed by atoms with Crippen LogP contribution in [-0.4, -0.2) is 38.2 Å². The van der Waals surface area contributed by atoms with Crippen LogP contribution >= 0.6 is 0 Å². The molecule has 0 unspecified atom stereocenters. The maximum Gasteiger partial charge on any atom is 0.214 e. The Morgan fingerprint density at radius 3 is 2.73 bits per heavy atom. The largest absolute Gasteiger partial charge is 0.299 e. The van der Waals surface area contributed by atoms with E-state index in [1.165, 1.54) is 6.07 Å². The van der Waals surface area contributed by atoms with E-state index in [9.17, 15) is 12.8 Å². The van der Waals surface area contributed by atoms with Crippen LogP contribution in [0.25, 0.3) is 0 Å². The lowest BCUT2D eigenvalue weighted by Gasteiger charge is -2.32. The van der Waals surface area contributed by atoms with Gasteiger partial charge >= 0.3 is 0 Å². The van der Waals surface area contributed by atoms with Crippen molar-refractivity contribution in [2.45, 2.75) is 37.5 Å². The average molecular weight is 326 g/mol. The van der Waals surface area contributed by atoms with Crippen LogP contribution in [0.4, 0.5) is 4.39 Å². The predicted molar refractivity (Wildman–Crippen MR) is 84.3 cm³/mol. The van der Waals surface area contributed by atoms with Gasteiger partial charge in [-0.15, -0.1) is 0 Å². The summed E-state index contributed by atoms with van der Waals surface area (Å²) in [6, 6.07) is 6.85. The van der Waals surface area contributed by atoms with Gasteiger partial charge in [-0.25, -0.2) is 17.5 Å². The molecule has 122 valence electrons. The fraction of sp³-hybridized carbons (Fsp3) is 0.625. The maximum atomic E-state index is 13.7. The summed E-state index contributed by atoms with van der Waals surface area (Å²) in [5.41, 5.74) is 0.710. The lowest BCUT2D eigenvalue weighted by Crippen LogP contribution is -2.41. The highest BCUT2D eigenvalue weighted by Crippen LogP contribution is 2.28. The Labute approximate surface area is 131 Å². The first kappa shape index (κ1) is 15.9. The lowest BCUT2D eigenvalue weighted by atomic mass is 9.98. The van der Waals surface area contributed by atoms with E-state index < -0.39 is 10.0 Å². The van der Waals surface area contributed by atoms with Crippen LogP contribution in [0.2, 0.25) is 0 Å². The van der Waals surface area contributed by atoms with Gasteiger partial charge in [0.2, 0.25) is 10.0 Å². The molecule has 6 heteroatoms. The molecule has 22 heavy (non-hydrogen) atoms. The zero-order valence-electron chi connectivity index (χ0n) is 12.7. The Kier molecular flexibility index (Phi) is 4.80. The Bertz CT molecular complexity index is 616. The van der Waals surface area contributed by atoms with Crippen molar-refractivity contribution in [1.29, 1.82) is 0 Å². The summed E-state index contributed by atoms with van der Waals surface area (Å²) in [5, 5.41) is -0.161. The molecule has 0 amide bonds. The molecule has 1 heterocycles. The molecule has 1 saturated heterocycles. The predicted octanol–water partition coefficient (Wildman–Crippen LogP) is 2.12. The highest BCUT2D eigenvalue weighted by atomic mass is 32.2. The number of sulfonamides is 1. The molecule has 3 rings (SSSR count). The fourth-order valence-corrected chi connectivity index (χ4v) is 4.52. The van der Waals surface area contributed by atoms with Gasteiger partial charge in [0.1, 0.15) is 5.82 Å². The molecule has 2 aliphatic rings. The van der Waals surface area contributed by atoms with Gasteiger partial charge in [-0.05, 0) is 44.2 Å². The SMILES string of the molecule is O=S(=O)(NC[C@@H]1CCCN(Cc2ccccc2F)C1)C1CC1. The van der Waals surface area contributed by atoms with Gasteiger partial charge < -0.3 is 0 Å². The summed E-state index contributed by atoms with van der Waals surface area (Å²) < 4.78 is 40.2. The third-order valence-electron chi connectivity index (χ3n) is 4.49. The van der Waals surface area contributed by atoms with E-state index in [0.29, 0.717) is 24.6 Å². The van der Waals surface area contributed by atoms with E-state index in [2.05, 4.69) is 9.62 Å². The van der Waals surface area contributed by atoms with Crippen molar-refractivity contribution in [3.63, 3.8) is 0 Å². The topological polar surface area (TPSA) is 49.4 Å². The Morgan fingerprint density at radius 2 is 2.00 bits per heavy atom. The van der Waals surface area contributed by atoms with Crippen molar-refractivity contribution in [2.75, 3.05) is 19.6 Å². The first-order valence-electron chi connectivity index (χ1n) is 7.99. The van der Waals surface area contributed by atoms with E-state index in [4.69, 9.17) is 0 Å². The molecule has 2 fully saturated rings. The van der Waals surface area contributed by atoms with Crippen molar-refractivity contribution in [1.82, 2.24) is 9.62 Å². The van der Waals surface area contributed by atoms with Gasteiger partial charge in [0, 0.05) is 25.2 Å². The molecule has 1 atom stereocenters. The van der Waals surface area contributed by atoms with E-state index in [1.807, 2.05) is 12.1 Å². The number of nitrogens with zero attached hydrogens (tertiary/aromatic N) is 1. The van der Waals surface area contributed by atoms with Crippen LogP contribution in [0.3, 0.4) is 0 Å². The molecular formula is C16H23FN2O2S. The minimum absolute atomic E-state index is 0.161. The van der Waals surface area contributed by atoms with Gasteiger partial charge in [-0.1, -0.05) is 18.2 Å². The normalized spacial score (nSPS) is 23.6. The molecule has 1 aliphatic heterocycles. The molecule has 0 radical (unpaired) electrons. The smallest absolute Gasteiger partial charge is 0.214 e. The van der Waals surface area contributed by atoms with Crippen molar-refractivity contribution in [3.05, 3.63) is 35.6 Å². The van der Waals surface area contributed by atoms with E-state index in [0.717, 1.165) is 38.8 Å². The number of halogens is 1. The number of benzene rings is 1. The van der Waals surface area contributed by atoms with Gasteiger partial charge in [-0.2, -0.15) is 0 Å². The highest BCUT2D eigenvalue weighted by Gasteiger charge is 2.36. The van der Waals surface area contributed by atoms with Crippen molar-refractivity contribution in [2.24, 2.45) is 5.92 Å². The Balaban J connectivity index is 1.52. The number of likely N-dealkylation sites (tertiary alicyclic amines) is 1. The summed E-state index contributed by atoms with van der Waals surface area (Å²) in [5.74, 6) is 0.146. The highest BCUT2D eigenvalue weighted by molar-refractivity contribution is 7.90. The molecular weight excluding hydrogens is 303 g/mol. The minimum atomic E-state index is -3.10. The minimum Gasteiger partial charge on any atom is -0.299 e. The number of nitrogens with one attached hydrogen (secondary N) is 1. The molecule has 0 bridgehead atoms. The molecule has 1 aromatic carbocycles. The molecule has 0 spiro atoms. The maximum absolute atomic E-state index is 13.7. The molecule has 0 aromatic heterocycles. The van der Waals surface area contributed by atoms with Crippen LogP contribution in [0.15, 0.2) is 24.3 Å². The Morgan fingerprint density at radius 1 is 1.23 bits per heavy atom.